The number of benzene rings is 2. The summed E-state index contributed by atoms with van der Waals surface area (Å²) in [4.78, 5) is 24.6. The molecule has 33 heavy (non-hydrogen) atoms. The van der Waals surface area contributed by atoms with E-state index in [9.17, 15) is 18.0 Å². The van der Waals surface area contributed by atoms with E-state index in [4.69, 9.17) is 4.74 Å². The molecule has 9 nitrogen and oxygen atoms in total. The highest BCUT2D eigenvalue weighted by Crippen LogP contribution is 2.17. The molecule has 10 heteroatoms. The van der Waals surface area contributed by atoms with Crippen molar-refractivity contribution in [2.75, 3.05) is 12.4 Å². The summed E-state index contributed by atoms with van der Waals surface area (Å²) in [7, 11) is -2.40. The Morgan fingerprint density at radius 2 is 1.55 bits per heavy atom. The molecule has 3 amide bonds. The number of methoxy groups -OCH3 is 1. The number of urea groups is 1. The van der Waals surface area contributed by atoms with Gasteiger partial charge in [-0.25, -0.2) is 13.2 Å². The monoisotopic (exact) mass is 476 g/mol. The summed E-state index contributed by atoms with van der Waals surface area (Å²) < 4.78 is 33.0. The van der Waals surface area contributed by atoms with Crippen LogP contribution in [0.25, 0.3) is 0 Å². The first kappa shape index (κ1) is 26.1. The second kappa shape index (κ2) is 11.7. The highest BCUT2D eigenvalue weighted by Gasteiger charge is 2.28. The third-order valence-corrected chi connectivity index (χ3v) is 6.16. The summed E-state index contributed by atoms with van der Waals surface area (Å²) in [5, 5.41) is 8.23. The van der Waals surface area contributed by atoms with Gasteiger partial charge in [0.25, 0.3) is 0 Å². The Morgan fingerprint density at radius 1 is 0.939 bits per heavy atom. The van der Waals surface area contributed by atoms with Crippen molar-refractivity contribution in [3.05, 3.63) is 54.1 Å². The molecule has 0 aliphatic heterocycles. The van der Waals surface area contributed by atoms with Crippen LogP contribution in [-0.2, 0) is 21.4 Å². The maximum Gasteiger partial charge on any atom is 0.319 e. The molecular formula is C23H32N4O5S. The SMILES string of the molecule is COc1ccc(S(=O)(=O)N[C@H](C(=O)NCc2ccc(NC(=O)NC(C)C)cc2)C(C)C)cc1. The van der Waals surface area contributed by atoms with Gasteiger partial charge in [-0.2, -0.15) is 4.72 Å². The molecule has 2 rings (SSSR count). The molecule has 0 bridgehead atoms. The van der Waals surface area contributed by atoms with E-state index in [0.717, 1.165) is 5.56 Å². The normalized spacial score (nSPS) is 12.3. The second-order valence-electron chi connectivity index (χ2n) is 8.19. The Kier molecular flexibility index (Phi) is 9.24. The summed E-state index contributed by atoms with van der Waals surface area (Å²) in [6.45, 7) is 7.48. The molecule has 4 N–H and O–H groups in total. The van der Waals surface area contributed by atoms with E-state index >= 15 is 0 Å². The van der Waals surface area contributed by atoms with Crippen molar-refractivity contribution >= 4 is 27.6 Å². The second-order valence-corrected chi connectivity index (χ2v) is 9.90. The number of hydrogen-bond acceptors (Lipinski definition) is 5. The molecule has 0 saturated carbocycles. The van der Waals surface area contributed by atoms with Crippen molar-refractivity contribution in [1.29, 1.82) is 0 Å². The molecule has 180 valence electrons. The molecule has 2 aromatic rings. The minimum absolute atomic E-state index is 0.0236. The molecule has 0 radical (unpaired) electrons. The van der Waals surface area contributed by atoms with E-state index in [1.54, 1.807) is 50.2 Å². The van der Waals surface area contributed by atoms with Crippen LogP contribution in [0, 0.1) is 5.92 Å². The van der Waals surface area contributed by atoms with Gasteiger partial charge in [-0.05, 0) is 61.7 Å². The molecule has 0 aromatic heterocycles. The number of hydrogen-bond donors (Lipinski definition) is 4. The van der Waals surface area contributed by atoms with Crippen molar-refractivity contribution in [3.63, 3.8) is 0 Å². The van der Waals surface area contributed by atoms with Crippen LogP contribution in [0.4, 0.5) is 10.5 Å². The molecule has 0 fully saturated rings. The van der Waals surface area contributed by atoms with Gasteiger partial charge in [0.15, 0.2) is 0 Å². The predicted molar refractivity (Wildman–Crippen MR) is 128 cm³/mol. The lowest BCUT2D eigenvalue weighted by Crippen LogP contribution is -2.49. The predicted octanol–water partition coefficient (Wildman–Crippen LogP) is 2.84. The Balaban J connectivity index is 1.99. The first-order chi connectivity index (χ1) is 15.5. The van der Waals surface area contributed by atoms with Crippen LogP contribution < -0.4 is 25.4 Å². The maximum atomic E-state index is 12.8. The zero-order valence-electron chi connectivity index (χ0n) is 19.5. The van der Waals surface area contributed by atoms with Gasteiger partial charge in [-0.3, -0.25) is 4.79 Å². The number of ether oxygens (including phenoxy) is 1. The van der Waals surface area contributed by atoms with Gasteiger partial charge in [0.05, 0.1) is 12.0 Å². The number of nitrogens with one attached hydrogen (secondary N) is 4. The molecule has 0 aliphatic carbocycles. The smallest absolute Gasteiger partial charge is 0.319 e. The van der Waals surface area contributed by atoms with E-state index in [-0.39, 0.29) is 29.4 Å². The number of carbonyl (C=O) groups excluding carboxylic acids is 2. The molecule has 0 aliphatic rings. The number of carbonyl (C=O) groups is 2. The van der Waals surface area contributed by atoms with Crippen LogP contribution in [0.1, 0.15) is 33.3 Å². The lowest BCUT2D eigenvalue weighted by atomic mass is 10.0. The van der Waals surface area contributed by atoms with Crippen LogP contribution in [-0.4, -0.2) is 39.5 Å². The third-order valence-electron chi connectivity index (χ3n) is 4.70. The molecular weight excluding hydrogens is 444 g/mol. The highest BCUT2D eigenvalue weighted by atomic mass is 32.2. The molecule has 0 spiro atoms. The minimum Gasteiger partial charge on any atom is -0.497 e. The highest BCUT2D eigenvalue weighted by molar-refractivity contribution is 7.89. The van der Waals surface area contributed by atoms with Crippen LogP contribution in [0.3, 0.4) is 0 Å². The zero-order chi connectivity index (χ0) is 24.6. The van der Waals surface area contributed by atoms with Crippen LogP contribution in [0.15, 0.2) is 53.4 Å². The average Bonchev–Trinajstić information content (AvgIpc) is 2.76. The summed E-state index contributed by atoms with van der Waals surface area (Å²) in [6.07, 6.45) is 0. The molecule has 0 saturated heterocycles. The molecule has 2 aromatic carbocycles. The fourth-order valence-electron chi connectivity index (χ4n) is 2.92. The third kappa shape index (κ3) is 8.07. The Hall–Kier alpha value is -3.11. The van der Waals surface area contributed by atoms with Gasteiger partial charge >= 0.3 is 6.03 Å². The van der Waals surface area contributed by atoms with E-state index in [0.29, 0.717) is 11.4 Å². The Labute approximate surface area is 195 Å². The fourth-order valence-corrected chi connectivity index (χ4v) is 4.26. The van der Waals surface area contributed by atoms with Gasteiger partial charge < -0.3 is 20.7 Å². The topological polar surface area (TPSA) is 126 Å². The molecule has 0 heterocycles. The standard InChI is InChI=1S/C23H32N4O5S/c1-15(2)21(27-33(30,31)20-12-10-19(32-5)11-13-20)22(28)24-14-17-6-8-18(9-7-17)26-23(29)25-16(3)4/h6-13,15-16,21,27H,14H2,1-5H3,(H,24,28)(H2,25,26,29)/t21-/m0/s1. The summed E-state index contributed by atoms with van der Waals surface area (Å²) in [5.41, 5.74) is 1.43. The van der Waals surface area contributed by atoms with Crippen LogP contribution >= 0.6 is 0 Å². The van der Waals surface area contributed by atoms with Gasteiger partial charge in [-0.15, -0.1) is 0 Å². The van der Waals surface area contributed by atoms with Gasteiger partial charge in [-0.1, -0.05) is 26.0 Å². The Bertz CT molecular complexity index is 1040. The Morgan fingerprint density at radius 3 is 2.06 bits per heavy atom. The van der Waals surface area contributed by atoms with Gasteiger partial charge in [0.1, 0.15) is 11.8 Å². The molecule has 0 unspecified atom stereocenters. The summed E-state index contributed by atoms with van der Waals surface area (Å²) in [5.74, 6) is -0.168. The summed E-state index contributed by atoms with van der Waals surface area (Å²) >= 11 is 0. The van der Waals surface area contributed by atoms with Crippen molar-refractivity contribution in [3.8, 4) is 5.75 Å². The number of rotatable bonds is 10. The van der Waals surface area contributed by atoms with Crippen LogP contribution in [0.5, 0.6) is 5.75 Å². The van der Waals surface area contributed by atoms with Crippen molar-refractivity contribution in [1.82, 2.24) is 15.4 Å². The molecule has 1 atom stereocenters. The number of sulfonamides is 1. The number of anilines is 1. The number of amides is 3. The lowest BCUT2D eigenvalue weighted by Gasteiger charge is -2.22. The van der Waals surface area contributed by atoms with Crippen molar-refractivity contribution in [2.24, 2.45) is 5.92 Å². The van der Waals surface area contributed by atoms with E-state index in [1.807, 2.05) is 13.8 Å². The van der Waals surface area contributed by atoms with E-state index in [2.05, 4.69) is 20.7 Å². The zero-order valence-corrected chi connectivity index (χ0v) is 20.3. The van der Waals surface area contributed by atoms with Crippen LogP contribution in [0.2, 0.25) is 0 Å². The van der Waals surface area contributed by atoms with E-state index < -0.39 is 22.0 Å². The largest absolute Gasteiger partial charge is 0.497 e. The van der Waals surface area contributed by atoms with E-state index in [1.165, 1.54) is 19.2 Å². The van der Waals surface area contributed by atoms with Gasteiger partial charge in [0.2, 0.25) is 15.9 Å². The van der Waals surface area contributed by atoms with Crippen molar-refractivity contribution in [2.45, 2.75) is 51.2 Å². The maximum absolute atomic E-state index is 12.8. The fraction of sp³-hybridized carbons (Fsp3) is 0.391. The first-order valence-corrected chi connectivity index (χ1v) is 12.1. The quantitative estimate of drug-likeness (QED) is 0.420. The van der Waals surface area contributed by atoms with Gasteiger partial charge in [0, 0.05) is 18.3 Å². The average molecular weight is 477 g/mol. The minimum atomic E-state index is -3.90. The summed E-state index contributed by atoms with van der Waals surface area (Å²) in [6, 6.07) is 11.7. The van der Waals surface area contributed by atoms with Crippen molar-refractivity contribution < 1.29 is 22.7 Å². The lowest BCUT2D eigenvalue weighted by molar-refractivity contribution is -0.123. The first-order valence-electron chi connectivity index (χ1n) is 10.6.